The number of carbonyl (C=O) groups excluding carboxylic acids is 2. The van der Waals surface area contributed by atoms with E-state index in [1.807, 2.05) is 48.5 Å². The Balaban J connectivity index is 1.55. The van der Waals surface area contributed by atoms with Crippen molar-refractivity contribution >= 4 is 22.5 Å². The topological polar surface area (TPSA) is 46.2 Å². The van der Waals surface area contributed by atoms with E-state index < -0.39 is 0 Å². The smallest absolute Gasteiger partial charge is 0.227 e. The number of nitrogens with one attached hydrogen (secondary N) is 1. The van der Waals surface area contributed by atoms with Gasteiger partial charge in [0.2, 0.25) is 5.91 Å². The van der Waals surface area contributed by atoms with Gasteiger partial charge in [-0.05, 0) is 28.3 Å². The molecule has 0 aromatic heterocycles. The zero-order valence-corrected chi connectivity index (χ0v) is 13.9. The second kappa shape index (κ2) is 6.52. The van der Waals surface area contributed by atoms with Crippen LogP contribution in [-0.2, 0) is 11.3 Å². The van der Waals surface area contributed by atoms with E-state index in [2.05, 4.69) is 23.5 Å². The maximum atomic E-state index is 12.8. The third-order valence-corrected chi connectivity index (χ3v) is 4.95. The Morgan fingerprint density at radius 3 is 2.64 bits per heavy atom. The average Bonchev–Trinajstić information content (AvgIpc) is 2.66. The van der Waals surface area contributed by atoms with E-state index in [-0.39, 0.29) is 17.6 Å². The van der Waals surface area contributed by atoms with Gasteiger partial charge in [0.05, 0.1) is 5.92 Å². The third-order valence-electron chi connectivity index (χ3n) is 4.95. The Morgan fingerprint density at radius 1 is 0.960 bits per heavy atom. The number of benzene rings is 3. The lowest BCUT2D eigenvalue weighted by Crippen LogP contribution is -2.32. The maximum absolute atomic E-state index is 12.8. The first-order chi connectivity index (χ1) is 12.2. The van der Waals surface area contributed by atoms with Gasteiger partial charge in [-0.2, -0.15) is 0 Å². The third kappa shape index (κ3) is 2.93. The quantitative estimate of drug-likeness (QED) is 0.782. The predicted molar refractivity (Wildman–Crippen MR) is 98.5 cm³/mol. The summed E-state index contributed by atoms with van der Waals surface area (Å²) in [6, 6.07) is 21.8. The van der Waals surface area contributed by atoms with Gasteiger partial charge in [0.1, 0.15) is 0 Å². The highest BCUT2D eigenvalue weighted by atomic mass is 16.2. The summed E-state index contributed by atoms with van der Waals surface area (Å²) in [6.45, 7) is 0.493. The molecular weight excluding hydrogens is 310 g/mol. The molecule has 4 rings (SSSR count). The van der Waals surface area contributed by atoms with Crippen LogP contribution in [0.5, 0.6) is 0 Å². The highest BCUT2D eigenvalue weighted by Crippen LogP contribution is 2.31. The van der Waals surface area contributed by atoms with Crippen LogP contribution in [0.1, 0.15) is 40.2 Å². The van der Waals surface area contributed by atoms with Crippen LogP contribution in [0.4, 0.5) is 0 Å². The van der Waals surface area contributed by atoms with E-state index in [4.69, 9.17) is 0 Å². The van der Waals surface area contributed by atoms with Crippen molar-refractivity contribution < 1.29 is 9.59 Å². The largest absolute Gasteiger partial charge is 0.351 e. The molecule has 0 spiro atoms. The van der Waals surface area contributed by atoms with Gasteiger partial charge in [0.15, 0.2) is 5.78 Å². The first kappa shape index (κ1) is 15.6. The van der Waals surface area contributed by atoms with Crippen molar-refractivity contribution in [3.8, 4) is 0 Å². The number of Topliss-reactive ketones (excluding diaryl/α,β-unsaturated/α-hetero) is 1. The molecule has 1 amide bonds. The van der Waals surface area contributed by atoms with Crippen LogP contribution in [0.3, 0.4) is 0 Å². The van der Waals surface area contributed by atoms with Gasteiger partial charge in [-0.1, -0.05) is 66.7 Å². The minimum absolute atomic E-state index is 0.00659. The fourth-order valence-corrected chi connectivity index (χ4v) is 3.64. The minimum atomic E-state index is -0.246. The molecule has 0 radical (unpaired) electrons. The first-order valence-corrected chi connectivity index (χ1v) is 8.60. The molecule has 0 heterocycles. The number of amides is 1. The van der Waals surface area contributed by atoms with Crippen LogP contribution in [0, 0.1) is 0 Å². The monoisotopic (exact) mass is 329 g/mol. The van der Waals surface area contributed by atoms with E-state index in [0.717, 1.165) is 16.5 Å². The molecule has 1 aliphatic rings. The van der Waals surface area contributed by atoms with Crippen molar-refractivity contribution in [3.63, 3.8) is 0 Å². The standard InChI is InChI=1S/C22H19NO2/c24-21-13-12-20(18-10-3-4-11-19(18)21)22(25)23-14-16-8-5-7-15-6-1-2-9-17(15)16/h1-11,20H,12-14H2,(H,23,25). The van der Waals surface area contributed by atoms with Gasteiger partial charge < -0.3 is 5.32 Å². The zero-order valence-electron chi connectivity index (χ0n) is 13.9. The summed E-state index contributed by atoms with van der Waals surface area (Å²) in [4.78, 5) is 24.8. The van der Waals surface area contributed by atoms with Gasteiger partial charge in [-0.15, -0.1) is 0 Å². The van der Waals surface area contributed by atoms with E-state index in [0.29, 0.717) is 24.9 Å². The molecule has 3 aromatic rings. The van der Waals surface area contributed by atoms with Crippen LogP contribution in [0.25, 0.3) is 10.8 Å². The molecule has 0 aliphatic heterocycles. The normalized spacial score (nSPS) is 16.5. The van der Waals surface area contributed by atoms with Crippen LogP contribution < -0.4 is 5.32 Å². The lowest BCUT2D eigenvalue weighted by Gasteiger charge is -2.24. The number of hydrogen-bond donors (Lipinski definition) is 1. The van der Waals surface area contributed by atoms with Gasteiger partial charge >= 0.3 is 0 Å². The van der Waals surface area contributed by atoms with Crippen molar-refractivity contribution in [2.24, 2.45) is 0 Å². The highest BCUT2D eigenvalue weighted by Gasteiger charge is 2.29. The summed E-state index contributed by atoms with van der Waals surface area (Å²) in [5, 5.41) is 5.39. The van der Waals surface area contributed by atoms with Gasteiger partial charge in [0, 0.05) is 18.5 Å². The molecule has 0 saturated heterocycles. The lowest BCUT2D eigenvalue weighted by atomic mass is 9.81. The average molecular weight is 329 g/mol. The Morgan fingerprint density at radius 2 is 1.72 bits per heavy atom. The van der Waals surface area contributed by atoms with E-state index >= 15 is 0 Å². The first-order valence-electron chi connectivity index (χ1n) is 8.60. The molecule has 3 aromatic carbocycles. The summed E-state index contributed by atoms with van der Waals surface area (Å²) < 4.78 is 0. The zero-order chi connectivity index (χ0) is 17.2. The summed E-state index contributed by atoms with van der Waals surface area (Å²) in [7, 11) is 0. The summed E-state index contributed by atoms with van der Waals surface area (Å²) >= 11 is 0. The van der Waals surface area contributed by atoms with E-state index in [1.54, 1.807) is 0 Å². The number of fused-ring (bicyclic) bond motifs is 2. The summed E-state index contributed by atoms with van der Waals surface area (Å²) in [5.41, 5.74) is 2.65. The number of rotatable bonds is 3. The van der Waals surface area contributed by atoms with Crippen LogP contribution in [0.15, 0.2) is 66.7 Å². The van der Waals surface area contributed by atoms with Gasteiger partial charge in [0.25, 0.3) is 0 Å². The van der Waals surface area contributed by atoms with Crippen LogP contribution in [0.2, 0.25) is 0 Å². The van der Waals surface area contributed by atoms with Crippen molar-refractivity contribution in [1.29, 1.82) is 0 Å². The van der Waals surface area contributed by atoms with Gasteiger partial charge in [-0.3, -0.25) is 9.59 Å². The van der Waals surface area contributed by atoms with Crippen LogP contribution >= 0.6 is 0 Å². The Labute approximate surface area is 146 Å². The molecular formula is C22H19NO2. The highest BCUT2D eigenvalue weighted by molar-refractivity contribution is 6.01. The van der Waals surface area contributed by atoms with Crippen molar-refractivity contribution in [1.82, 2.24) is 5.32 Å². The fourth-order valence-electron chi connectivity index (χ4n) is 3.64. The number of carbonyl (C=O) groups is 2. The molecule has 25 heavy (non-hydrogen) atoms. The fraction of sp³-hybridized carbons (Fsp3) is 0.182. The van der Waals surface area contributed by atoms with Crippen molar-refractivity contribution in [2.75, 3.05) is 0 Å². The molecule has 0 fully saturated rings. The second-order valence-electron chi connectivity index (χ2n) is 6.46. The number of ketones is 1. The SMILES string of the molecule is O=C1CCC(C(=O)NCc2cccc3ccccc23)c2ccccc21. The predicted octanol–water partition coefficient (Wildman–Crippen LogP) is 4.22. The molecule has 124 valence electrons. The molecule has 1 unspecified atom stereocenters. The summed E-state index contributed by atoms with van der Waals surface area (Å²) in [5.74, 6) is -0.120. The number of hydrogen-bond acceptors (Lipinski definition) is 2. The molecule has 1 aliphatic carbocycles. The Bertz CT molecular complexity index is 956. The molecule has 3 heteroatoms. The van der Waals surface area contributed by atoms with E-state index in [9.17, 15) is 9.59 Å². The Hall–Kier alpha value is -2.94. The van der Waals surface area contributed by atoms with Crippen LogP contribution in [-0.4, -0.2) is 11.7 Å². The molecule has 0 saturated carbocycles. The van der Waals surface area contributed by atoms with Crippen molar-refractivity contribution in [3.05, 3.63) is 83.4 Å². The maximum Gasteiger partial charge on any atom is 0.227 e. The molecule has 1 atom stereocenters. The van der Waals surface area contributed by atoms with Crippen molar-refractivity contribution in [2.45, 2.75) is 25.3 Å². The lowest BCUT2D eigenvalue weighted by molar-refractivity contribution is -0.122. The summed E-state index contributed by atoms with van der Waals surface area (Å²) in [6.07, 6.45) is 1.01. The molecule has 1 N–H and O–H groups in total. The minimum Gasteiger partial charge on any atom is -0.351 e. The molecule has 0 bridgehead atoms. The Kier molecular flexibility index (Phi) is 4.06. The van der Waals surface area contributed by atoms with Gasteiger partial charge in [-0.25, -0.2) is 0 Å². The van der Waals surface area contributed by atoms with E-state index in [1.165, 1.54) is 5.39 Å². The second-order valence-corrected chi connectivity index (χ2v) is 6.46. The molecule has 3 nitrogen and oxygen atoms in total.